The fourth-order valence-corrected chi connectivity index (χ4v) is 0.785. The Balaban J connectivity index is 0. The Morgan fingerprint density at radius 3 is 1.27 bits per heavy atom. The molecule has 0 aliphatic rings. The number of carboxylic acids is 2. The first kappa shape index (κ1) is 21.4. The number of carboxylic acid groups (broad SMARTS) is 2. The first-order chi connectivity index (χ1) is 10.1. The van der Waals surface area contributed by atoms with E-state index in [1.165, 1.54) is 18.2 Å². The molecule has 0 saturated heterocycles. The average Bonchev–Trinajstić information content (AvgIpc) is 2.48. The number of benzene rings is 1. The number of hydrogen-bond donors (Lipinski definition) is 4. The van der Waals surface area contributed by atoms with Crippen molar-refractivity contribution >= 4 is 23.4 Å². The molecule has 0 aromatic heterocycles. The molecule has 0 bridgehead atoms. The van der Waals surface area contributed by atoms with E-state index in [-0.39, 0.29) is 11.1 Å². The Bertz CT molecular complexity index is 499. The van der Waals surface area contributed by atoms with Crippen LogP contribution in [0.2, 0.25) is 0 Å². The molecule has 8 nitrogen and oxygen atoms in total. The van der Waals surface area contributed by atoms with E-state index in [2.05, 4.69) is 10.3 Å². The molecule has 0 amide bonds. The van der Waals surface area contributed by atoms with Crippen LogP contribution in [0.25, 0.3) is 0 Å². The molecule has 1 rings (SSSR count). The van der Waals surface area contributed by atoms with Crippen molar-refractivity contribution in [2.45, 2.75) is 27.7 Å². The number of carbonyl (C=O) groups is 2. The molecule has 0 atom stereocenters. The maximum atomic E-state index is 10.4. The number of oxime groups is 2. The summed E-state index contributed by atoms with van der Waals surface area (Å²) in [5.41, 5.74) is 1.33. The van der Waals surface area contributed by atoms with Crippen LogP contribution in [-0.4, -0.2) is 44.0 Å². The zero-order valence-electron chi connectivity index (χ0n) is 12.8. The van der Waals surface area contributed by atoms with Crippen molar-refractivity contribution in [3.8, 4) is 0 Å². The molecule has 1 aromatic rings. The first-order valence-corrected chi connectivity index (χ1v) is 6.02. The molecule has 0 radical (unpaired) electrons. The molecular weight excluding hydrogens is 292 g/mol. The van der Waals surface area contributed by atoms with Crippen LogP contribution in [0.15, 0.2) is 34.6 Å². The van der Waals surface area contributed by atoms with Gasteiger partial charge in [0.2, 0.25) is 0 Å². The van der Waals surface area contributed by atoms with Gasteiger partial charge in [0, 0.05) is 0 Å². The van der Waals surface area contributed by atoms with Gasteiger partial charge in [-0.25, -0.2) is 9.59 Å². The van der Waals surface area contributed by atoms with Crippen LogP contribution in [-0.2, 0) is 0 Å². The smallest absolute Gasteiger partial charge is 0.335 e. The topological polar surface area (TPSA) is 140 Å². The van der Waals surface area contributed by atoms with Crippen molar-refractivity contribution < 1.29 is 30.2 Å². The summed E-state index contributed by atoms with van der Waals surface area (Å²) in [5.74, 6) is -2.25. The molecule has 4 N–H and O–H groups in total. The van der Waals surface area contributed by atoms with Crippen molar-refractivity contribution in [2.75, 3.05) is 0 Å². The number of hydrogen-bond acceptors (Lipinski definition) is 6. The van der Waals surface area contributed by atoms with Crippen molar-refractivity contribution in [1.29, 1.82) is 0 Å². The molecule has 0 saturated carbocycles. The predicted molar refractivity (Wildman–Crippen MR) is 81.5 cm³/mol. The number of rotatable bonds is 2. The fraction of sp³-hybridized carbons (Fsp3) is 0.286. The van der Waals surface area contributed by atoms with Crippen molar-refractivity contribution in [3.63, 3.8) is 0 Å². The first-order valence-electron chi connectivity index (χ1n) is 6.02. The second-order valence-corrected chi connectivity index (χ2v) is 4.29. The average molecular weight is 312 g/mol. The third-order valence-electron chi connectivity index (χ3n) is 1.76. The molecule has 0 aliphatic carbocycles. The highest BCUT2D eigenvalue weighted by atomic mass is 16.4. The summed E-state index contributed by atoms with van der Waals surface area (Å²) in [6.07, 6.45) is 0. The number of aromatic carboxylic acids is 2. The monoisotopic (exact) mass is 312 g/mol. The third-order valence-corrected chi connectivity index (χ3v) is 1.76. The van der Waals surface area contributed by atoms with Crippen LogP contribution in [0.1, 0.15) is 48.4 Å². The Hall–Kier alpha value is -2.90. The zero-order valence-corrected chi connectivity index (χ0v) is 12.8. The van der Waals surface area contributed by atoms with Gasteiger partial charge in [0.1, 0.15) is 0 Å². The molecule has 0 heterocycles. The van der Waals surface area contributed by atoms with E-state index in [0.717, 1.165) is 6.07 Å². The predicted octanol–water partition coefficient (Wildman–Crippen LogP) is 2.80. The fourth-order valence-electron chi connectivity index (χ4n) is 0.785. The number of nitrogens with zero attached hydrogens (tertiary/aromatic N) is 2. The molecule has 1 aromatic carbocycles. The van der Waals surface area contributed by atoms with E-state index in [1.807, 2.05) is 0 Å². The second-order valence-electron chi connectivity index (χ2n) is 4.29. The SMILES string of the molecule is CC(C)=NO.CC(C)=NO.O=C(O)c1cccc(C(=O)O)c1. The van der Waals surface area contributed by atoms with Gasteiger partial charge in [0.05, 0.1) is 22.6 Å². The van der Waals surface area contributed by atoms with E-state index in [0.29, 0.717) is 11.4 Å². The van der Waals surface area contributed by atoms with Crippen LogP contribution in [0, 0.1) is 0 Å². The maximum absolute atomic E-state index is 10.4. The van der Waals surface area contributed by atoms with Gasteiger partial charge in [-0.15, -0.1) is 0 Å². The lowest BCUT2D eigenvalue weighted by Crippen LogP contribution is -2.01. The van der Waals surface area contributed by atoms with Gasteiger partial charge in [0.25, 0.3) is 0 Å². The minimum absolute atomic E-state index is 0.0186. The summed E-state index contributed by atoms with van der Waals surface area (Å²) in [7, 11) is 0. The Labute approximate surface area is 128 Å². The molecule has 8 heteroatoms. The largest absolute Gasteiger partial charge is 0.478 e. The van der Waals surface area contributed by atoms with E-state index in [9.17, 15) is 9.59 Å². The van der Waals surface area contributed by atoms with Crippen LogP contribution in [0.5, 0.6) is 0 Å². The standard InChI is InChI=1S/C8H6O4.2C3H7NO/c9-7(10)5-2-1-3-6(4-5)8(11)12;2*1-3(2)4-5/h1-4H,(H,9,10)(H,11,12);2*5H,1-2H3. The van der Waals surface area contributed by atoms with Crippen molar-refractivity contribution in [3.05, 3.63) is 35.4 Å². The van der Waals surface area contributed by atoms with Gasteiger partial charge < -0.3 is 20.6 Å². The Morgan fingerprint density at radius 2 is 1.09 bits per heavy atom. The highest BCUT2D eigenvalue weighted by Crippen LogP contribution is 2.04. The third kappa shape index (κ3) is 12.2. The lowest BCUT2D eigenvalue weighted by atomic mass is 10.1. The highest BCUT2D eigenvalue weighted by molar-refractivity contribution is 5.93. The summed E-state index contributed by atoms with van der Waals surface area (Å²) < 4.78 is 0. The van der Waals surface area contributed by atoms with Crippen LogP contribution in [0.3, 0.4) is 0 Å². The minimum Gasteiger partial charge on any atom is -0.478 e. The second kappa shape index (κ2) is 11.9. The molecule has 0 fully saturated rings. The zero-order chi connectivity index (χ0) is 17.7. The van der Waals surface area contributed by atoms with Crippen molar-refractivity contribution in [2.24, 2.45) is 10.3 Å². The molecule has 0 spiro atoms. The van der Waals surface area contributed by atoms with E-state index in [4.69, 9.17) is 20.6 Å². The normalized spacial score (nSPS) is 8.18. The summed E-state index contributed by atoms with van der Waals surface area (Å²) in [4.78, 5) is 20.8. The van der Waals surface area contributed by atoms with E-state index < -0.39 is 11.9 Å². The molecule has 22 heavy (non-hydrogen) atoms. The Morgan fingerprint density at radius 1 is 0.818 bits per heavy atom. The lowest BCUT2D eigenvalue weighted by Gasteiger charge is -1.95. The van der Waals surface area contributed by atoms with Gasteiger partial charge in [-0.1, -0.05) is 16.4 Å². The van der Waals surface area contributed by atoms with Crippen LogP contribution in [0.4, 0.5) is 0 Å². The summed E-state index contributed by atoms with van der Waals surface area (Å²) in [6, 6.07) is 5.20. The van der Waals surface area contributed by atoms with Gasteiger partial charge in [0.15, 0.2) is 0 Å². The van der Waals surface area contributed by atoms with Crippen LogP contribution >= 0.6 is 0 Å². The Kier molecular flexibility index (Phi) is 11.6. The minimum atomic E-state index is -1.13. The van der Waals surface area contributed by atoms with Crippen molar-refractivity contribution in [1.82, 2.24) is 0 Å². The quantitative estimate of drug-likeness (QED) is 0.376. The molecular formula is C14H20N2O6. The maximum Gasteiger partial charge on any atom is 0.335 e. The lowest BCUT2D eigenvalue weighted by molar-refractivity contribution is 0.0696. The molecule has 0 aliphatic heterocycles. The van der Waals surface area contributed by atoms with Gasteiger partial charge in [-0.3, -0.25) is 0 Å². The summed E-state index contributed by atoms with van der Waals surface area (Å²) in [6.45, 7) is 6.89. The van der Waals surface area contributed by atoms with Gasteiger partial charge in [-0.05, 0) is 45.9 Å². The summed E-state index contributed by atoms with van der Waals surface area (Å²) >= 11 is 0. The van der Waals surface area contributed by atoms with E-state index >= 15 is 0 Å². The summed E-state index contributed by atoms with van der Waals surface area (Å²) in [5, 5.41) is 38.1. The highest BCUT2D eigenvalue weighted by Gasteiger charge is 2.06. The van der Waals surface area contributed by atoms with Gasteiger partial charge >= 0.3 is 11.9 Å². The van der Waals surface area contributed by atoms with E-state index in [1.54, 1.807) is 27.7 Å². The van der Waals surface area contributed by atoms with Crippen LogP contribution < -0.4 is 0 Å². The van der Waals surface area contributed by atoms with Gasteiger partial charge in [-0.2, -0.15) is 0 Å². The molecule has 122 valence electrons. The molecule has 0 unspecified atom stereocenters.